The van der Waals surface area contributed by atoms with E-state index < -0.39 is 0 Å². The summed E-state index contributed by atoms with van der Waals surface area (Å²) in [5.41, 5.74) is 0. The predicted molar refractivity (Wildman–Crippen MR) is 37.1 cm³/mol. The van der Waals surface area contributed by atoms with Crippen molar-refractivity contribution >= 4 is 29.4 Å². The Labute approximate surface area is 58.4 Å². The zero-order valence-electron chi connectivity index (χ0n) is 5.01. The maximum Gasteiger partial charge on any atom is 0.231 e. The van der Waals surface area contributed by atoms with Gasteiger partial charge in [0.15, 0.2) is 0 Å². The molecule has 0 aromatic rings. The molecule has 0 fully saturated rings. The van der Waals surface area contributed by atoms with Crippen molar-refractivity contribution in [1.82, 2.24) is 5.32 Å². The molecule has 0 unspecified atom stereocenters. The van der Waals surface area contributed by atoms with Crippen LogP contribution in [-0.2, 0) is 9.59 Å². The van der Waals surface area contributed by atoms with Gasteiger partial charge in [-0.3, -0.25) is 4.79 Å². The summed E-state index contributed by atoms with van der Waals surface area (Å²) in [5.74, 6) is -0.350. The molecule has 0 radical (unpaired) electrons. The highest BCUT2D eigenvalue weighted by molar-refractivity contribution is 7.80. The SMILES string of the molecule is CC(=S)NC(=O)CC=O. The van der Waals surface area contributed by atoms with Crippen molar-refractivity contribution in [3.63, 3.8) is 0 Å². The Balaban J connectivity index is 3.50. The fourth-order valence-corrected chi connectivity index (χ4v) is 0.437. The lowest BCUT2D eigenvalue weighted by Gasteiger charge is -1.95. The van der Waals surface area contributed by atoms with Crippen molar-refractivity contribution in [1.29, 1.82) is 0 Å². The molecule has 0 bridgehead atoms. The maximum absolute atomic E-state index is 10.4. The van der Waals surface area contributed by atoms with Crippen molar-refractivity contribution in [2.24, 2.45) is 0 Å². The first-order valence-electron chi connectivity index (χ1n) is 2.41. The molecule has 1 N–H and O–H groups in total. The second-order valence-corrected chi connectivity index (χ2v) is 2.09. The monoisotopic (exact) mass is 145 g/mol. The van der Waals surface area contributed by atoms with E-state index in [1.807, 2.05) is 0 Å². The highest BCUT2D eigenvalue weighted by Crippen LogP contribution is 1.73. The minimum Gasteiger partial charge on any atom is -0.320 e. The Morgan fingerprint density at radius 1 is 1.78 bits per heavy atom. The lowest BCUT2D eigenvalue weighted by Crippen LogP contribution is -2.26. The van der Waals surface area contributed by atoms with Gasteiger partial charge < -0.3 is 10.1 Å². The van der Waals surface area contributed by atoms with Gasteiger partial charge >= 0.3 is 0 Å². The molecule has 0 aliphatic heterocycles. The number of hydrogen-bond donors (Lipinski definition) is 1. The van der Waals surface area contributed by atoms with E-state index in [9.17, 15) is 9.59 Å². The van der Waals surface area contributed by atoms with Gasteiger partial charge in [-0.05, 0) is 6.92 Å². The van der Waals surface area contributed by atoms with E-state index in [-0.39, 0.29) is 12.3 Å². The van der Waals surface area contributed by atoms with E-state index in [1.165, 1.54) is 0 Å². The molecular weight excluding hydrogens is 138 g/mol. The minimum absolute atomic E-state index is 0.117. The lowest BCUT2D eigenvalue weighted by atomic mass is 10.4. The van der Waals surface area contributed by atoms with Gasteiger partial charge in [-0.1, -0.05) is 12.2 Å². The fourth-order valence-electron chi connectivity index (χ4n) is 0.323. The third kappa shape index (κ3) is 5.10. The van der Waals surface area contributed by atoms with Crippen LogP contribution in [0.3, 0.4) is 0 Å². The number of nitrogens with one attached hydrogen (secondary N) is 1. The topological polar surface area (TPSA) is 46.2 Å². The molecule has 9 heavy (non-hydrogen) atoms. The molecule has 1 amide bonds. The van der Waals surface area contributed by atoms with E-state index in [2.05, 4.69) is 17.5 Å². The van der Waals surface area contributed by atoms with Gasteiger partial charge in [-0.25, -0.2) is 0 Å². The summed E-state index contributed by atoms with van der Waals surface area (Å²) in [7, 11) is 0. The molecule has 0 aliphatic rings. The normalized spacial score (nSPS) is 8.11. The Kier molecular flexibility index (Phi) is 3.79. The third-order valence-corrected chi connectivity index (χ3v) is 0.686. The molecule has 0 saturated heterocycles. The molecule has 4 heteroatoms. The van der Waals surface area contributed by atoms with Crippen LogP contribution in [0.15, 0.2) is 0 Å². The molecule has 0 aliphatic carbocycles. The lowest BCUT2D eigenvalue weighted by molar-refractivity contribution is -0.122. The summed E-state index contributed by atoms with van der Waals surface area (Å²) in [6.45, 7) is 1.58. The van der Waals surface area contributed by atoms with Gasteiger partial charge in [0.05, 0.1) is 11.4 Å². The molecule has 0 rings (SSSR count). The number of carbonyl (C=O) groups excluding carboxylic acids is 2. The summed E-state index contributed by atoms with van der Waals surface area (Å²) >= 11 is 4.54. The van der Waals surface area contributed by atoms with Crippen LogP contribution >= 0.6 is 12.2 Å². The molecule has 0 aromatic carbocycles. The summed E-state index contributed by atoms with van der Waals surface area (Å²) in [6.07, 6.45) is 0.418. The van der Waals surface area contributed by atoms with Crippen molar-refractivity contribution < 1.29 is 9.59 Å². The van der Waals surface area contributed by atoms with Crippen LogP contribution in [0.4, 0.5) is 0 Å². The van der Waals surface area contributed by atoms with Crippen LogP contribution in [-0.4, -0.2) is 17.2 Å². The Morgan fingerprint density at radius 3 is 2.67 bits per heavy atom. The average molecular weight is 145 g/mol. The number of aldehydes is 1. The first-order chi connectivity index (χ1) is 4.16. The van der Waals surface area contributed by atoms with Gasteiger partial charge in [0.25, 0.3) is 0 Å². The molecule has 0 spiro atoms. The van der Waals surface area contributed by atoms with Gasteiger partial charge in [-0.15, -0.1) is 0 Å². The smallest absolute Gasteiger partial charge is 0.231 e. The molecule has 0 heterocycles. The zero-order valence-corrected chi connectivity index (χ0v) is 5.83. The second kappa shape index (κ2) is 4.14. The van der Waals surface area contributed by atoms with E-state index in [0.717, 1.165) is 0 Å². The minimum atomic E-state index is -0.350. The van der Waals surface area contributed by atoms with Crippen LogP contribution in [0.2, 0.25) is 0 Å². The fraction of sp³-hybridized carbons (Fsp3) is 0.400. The first kappa shape index (κ1) is 8.23. The van der Waals surface area contributed by atoms with Gasteiger partial charge in [0.2, 0.25) is 5.91 Å². The highest BCUT2D eigenvalue weighted by Gasteiger charge is 1.97. The van der Waals surface area contributed by atoms with Crippen molar-refractivity contribution in [2.45, 2.75) is 13.3 Å². The van der Waals surface area contributed by atoms with Crippen LogP contribution in [0.5, 0.6) is 0 Å². The van der Waals surface area contributed by atoms with Gasteiger partial charge in [-0.2, -0.15) is 0 Å². The number of thiocarbonyl (C=S) groups is 1. The Morgan fingerprint density at radius 2 is 2.33 bits per heavy atom. The quantitative estimate of drug-likeness (QED) is 0.339. The van der Waals surface area contributed by atoms with E-state index in [4.69, 9.17) is 0 Å². The van der Waals surface area contributed by atoms with E-state index >= 15 is 0 Å². The van der Waals surface area contributed by atoms with Crippen LogP contribution in [0.25, 0.3) is 0 Å². The molecule has 0 aromatic heterocycles. The summed E-state index contributed by atoms with van der Waals surface area (Å²) in [4.78, 5) is 20.5. The largest absolute Gasteiger partial charge is 0.320 e. The van der Waals surface area contributed by atoms with E-state index in [1.54, 1.807) is 6.92 Å². The number of amides is 1. The second-order valence-electron chi connectivity index (χ2n) is 1.48. The van der Waals surface area contributed by atoms with Crippen molar-refractivity contribution in [2.75, 3.05) is 0 Å². The summed E-state index contributed by atoms with van der Waals surface area (Å²) in [5, 5.41) is 2.30. The molecule has 0 saturated carbocycles. The van der Waals surface area contributed by atoms with Gasteiger partial charge in [0.1, 0.15) is 6.29 Å². The van der Waals surface area contributed by atoms with E-state index in [0.29, 0.717) is 11.3 Å². The van der Waals surface area contributed by atoms with Gasteiger partial charge in [0, 0.05) is 0 Å². The number of carbonyl (C=O) groups is 2. The molecule has 50 valence electrons. The standard InChI is InChI=1S/C5H7NO2S/c1-4(9)6-5(8)2-3-7/h3H,2H2,1H3,(H,6,8,9). The first-order valence-corrected chi connectivity index (χ1v) is 2.81. The Hall–Kier alpha value is -0.770. The third-order valence-electron chi connectivity index (χ3n) is 0.584. The molecular formula is C5H7NO2S. The maximum atomic E-state index is 10.4. The van der Waals surface area contributed by atoms with Crippen LogP contribution < -0.4 is 5.32 Å². The zero-order chi connectivity index (χ0) is 7.28. The van der Waals surface area contributed by atoms with Crippen LogP contribution in [0.1, 0.15) is 13.3 Å². The van der Waals surface area contributed by atoms with Crippen LogP contribution in [0, 0.1) is 0 Å². The summed E-state index contributed by atoms with van der Waals surface area (Å²) in [6, 6.07) is 0. The molecule has 0 atom stereocenters. The summed E-state index contributed by atoms with van der Waals surface area (Å²) < 4.78 is 0. The average Bonchev–Trinajstić information content (AvgIpc) is 1.63. The number of hydrogen-bond acceptors (Lipinski definition) is 3. The highest BCUT2D eigenvalue weighted by atomic mass is 32.1. The van der Waals surface area contributed by atoms with Crippen molar-refractivity contribution in [3.05, 3.63) is 0 Å². The van der Waals surface area contributed by atoms with Crippen molar-refractivity contribution in [3.8, 4) is 0 Å². The number of rotatable bonds is 2. The Bertz CT molecular complexity index is 144. The predicted octanol–water partition coefficient (Wildman–Crippen LogP) is 0.0389. The molecule has 3 nitrogen and oxygen atoms in total.